The third kappa shape index (κ3) is 3.36. The van der Waals surface area contributed by atoms with Crippen LogP contribution in [-0.4, -0.2) is 49.2 Å². The van der Waals surface area contributed by atoms with Gasteiger partial charge in [-0.05, 0) is 26.1 Å². The maximum atomic E-state index is 10.7. The largest absolute Gasteiger partial charge is 0.433 e. The van der Waals surface area contributed by atoms with E-state index in [1.165, 1.54) is 6.07 Å². The van der Waals surface area contributed by atoms with Gasteiger partial charge in [0.2, 0.25) is 0 Å². The summed E-state index contributed by atoms with van der Waals surface area (Å²) in [5.74, 6) is 0.362. The number of rotatable bonds is 6. The van der Waals surface area contributed by atoms with Crippen molar-refractivity contribution in [2.45, 2.75) is 25.5 Å². The summed E-state index contributed by atoms with van der Waals surface area (Å²) < 4.78 is 11.1. The second-order valence-corrected chi connectivity index (χ2v) is 4.97. The van der Waals surface area contributed by atoms with E-state index in [1.807, 2.05) is 7.05 Å². The molecule has 0 aromatic carbocycles. The molecule has 7 heteroatoms. The van der Waals surface area contributed by atoms with E-state index >= 15 is 0 Å². The van der Waals surface area contributed by atoms with E-state index in [2.05, 4.69) is 17.1 Å². The molecule has 2 atom stereocenters. The second-order valence-electron chi connectivity index (χ2n) is 4.97. The van der Waals surface area contributed by atoms with Crippen molar-refractivity contribution in [1.29, 1.82) is 0 Å². The normalized spacial score (nSPS) is 23.9. The number of morpholine rings is 1. The van der Waals surface area contributed by atoms with Gasteiger partial charge in [-0.25, -0.2) is 0 Å². The third-order valence-corrected chi connectivity index (χ3v) is 3.46. The summed E-state index contributed by atoms with van der Waals surface area (Å²) in [4.78, 5) is 12.3. The summed E-state index contributed by atoms with van der Waals surface area (Å²) in [6, 6.07) is 2.97. The predicted molar refractivity (Wildman–Crippen MR) is 73.6 cm³/mol. The highest BCUT2D eigenvalue weighted by atomic mass is 16.6. The molecule has 2 unspecified atom stereocenters. The lowest BCUT2D eigenvalue weighted by molar-refractivity contribution is -0.402. The van der Waals surface area contributed by atoms with Crippen molar-refractivity contribution in [2.75, 3.05) is 33.3 Å². The highest BCUT2D eigenvalue weighted by Gasteiger charge is 2.34. The van der Waals surface area contributed by atoms with Gasteiger partial charge in [0.25, 0.3) is 0 Å². The Balaban J connectivity index is 2.11. The van der Waals surface area contributed by atoms with Gasteiger partial charge in [-0.15, -0.1) is 0 Å². The molecule has 0 saturated carbocycles. The molecule has 0 radical (unpaired) electrons. The Morgan fingerprint density at radius 2 is 2.35 bits per heavy atom. The summed E-state index contributed by atoms with van der Waals surface area (Å²) in [6.45, 7) is 5.18. The molecule has 1 aliphatic rings. The summed E-state index contributed by atoms with van der Waals surface area (Å²) in [6.07, 6.45) is 0.991. The summed E-state index contributed by atoms with van der Waals surface area (Å²) >= 11 is 0. The number of nitrogens with zero attached hydrogens (tertiary/aromatic N) is 2. The predicted octanol–water partition coefficient (Wildman–Crippen LogP) is 1.56. The molecule has 1 aromatic heterocycles. The highest BCUT2D eigenvalue weighted by Crippen LogP contribution is 2.31. The smallest absolute Gasteiger partial charge is 0.404 e. The van der Waals surface area contributed by atoms with E-state index in [0.717, 1.165) is 19.5 Å². The molecule has 1 N–H and O–H groups in total. The number of ether oxygens (including phenoxy) is 1. The Bertz CT molecular complexity index is 449. The number of likely N-dealkylation sites (N-methyl/N-ethyl adjacent to an activating group) is 1. The van der Waals surface area contributed by atoms with Crippen LogP contribution >= 0.6 is 0 Å². The van der Waals surface area contributed by atoms with Crippen LogP contribution in [0.4, 0.5) is 5.88 Å². The second kappa shape index (κ2) is 6.83. The lowest BCUT2D eigenvalue weighted by atomic mass is 10.0. The first-order valence-corrected chi connectivity index (χ1v) is 6.90. The number of hydrogen-bond acceptors (Lipinski definition) is 6. The van der Waals surface area contributed by atoms with E-state index in [9.17, 15) is 10.1 Å². The van der Waals surface area contributed by atoms with E-state index in [1.54, 1.807) is 6.07 Å². The lowest BCUT2D eigenvalue weighted by Crippen LogP contribution is -2.47. The van der Waals surface area contributed by atoms with Crippen LogP contribution in [0.2, 0.25) is 0 Å². The van der Waals surface area contributed by atoms with Crippen LogP contribution < -0.4 is 5.32 Å². The topological polar surface area (TPSA) is 80.8 Å². The van der Waals surface area contributed by atoms with Crippen molar-refractivity contribution in [2.24, 2.45) is 0 Å². The van der Waals surface area contributed by atoms with Crippen LogP contribution in [0.25, 0.3) is 0 Å². The number of furan rings is 1. The Labute approximate surface area is 118 Å². The van der Waals surface area contributed by atoms with Gasteiger partial charge in [-0.2, -0.15) is 0 Å². The third-order valence-electron chi connectivity index (χ3n) is 3.46. The molecule has 112 valence electrons. The summed E-state index contributed by atoms with van der Waals surface area (Å²) in [7, 11) is 1.98. The Morgan fingerprint density at radius 1 is 1.55 bits per heavy atom. The minimum absolute atomic E-state index is 0.0638. The van der Waals surface area contributed by atoms with Gasteiger partial charge in [0.1, 0.15) is 10.7 Å². The Hall–Kier alpha value is -1.44. The molecule has 0 amide bonds. The average Bonchev–Trinajstić information content (AvgIpc) is 2.88. The fourth-order valence-corrected chi connectivity index (χ4v) is 2.45. The van der Waals surface area contributed by atoms with Gasteiger partial charge in [0.15, 0.2) is 0 Å². The van der Waals surface area contributed by atoms with Gasteiger partial charge >= 0.3 is 5.88 Å². The molecule has 0 spiro atoms. The first-order valence-electron chi connectivity index (χ1n) is 6.90. The van der Waals surface area contributed by atoms with Crippen molar-refractivity contribution >= 4 is 5.88 Å². The van der Waals surface area contributed by atoms with Crippen LogP contribution in [0, 0.1) is 10.1 Å². The van der Waals surface area contributed by atoms with Crippen LogP contribution in [-0.2, 0) is 4.74 Å². The van der Waals surface area contributed by atoms with Crippen LogP contribution in [0.15, 0.2) is 16.5 Å². The molecule has 7 nitrogen and oxygen atoms in total. The van der Waals surface area contributed by atoms with Crippen molar-refractivity contribution < 1.29 is 14.1 Å². The molecule has 2 heterocycles. The first kappa shape index (κ1) is 15.0. The van der Waals surface area contributed by atoms with Gasteiger partial charge in [-0.3, -0.25) is 15.0 Å². The molecular formula is C13H21N3O4. The molecule has 0 aliphatic carbocycles. The molecule has 1 saturated heterocycles. The van der Waals surface area contributed by atoms with E-state index in [0.29, 0.717) is 18.9 Å². The summed E-state index contributed by atoms with van der Waals surface area (Å²) in [5, 5.41) is 14.1. The van der Waals surface area contributed by atoms with E-state index < -0.39 is 4.92 Å². The van der Waals surface area contributed by atoms with Crippen LogP contribution in [0.1, 0.15) is 25.1 Å². The van der Waals surface area contributed by atoms with Crippen molar-refractivity contribution in [3.63, 3.8) is 0 Å². The zero-order valence-corrected chi connectivity index (χ0v) is 11.9. The van der Waals surface area contributed by atoms with Crippen LogP contribution in [0.5, 0.6) is 0 Å². The van der Waals surface area contributed by atoms with Crippen molar-refractivity contribution in [1.82, 2.24) is 10.2 Å². The molecule has 1 fully saturated rings. The van der Waals surface area contributed by atoms with Gasteiger partial charge < -0.3 is 14.5 Å². The minimum atomic E-state index is -0.516. The average molecular weight is 283 g/mol. The molecule has 20 heavy (non-hydrogen) atoms. The maximum Gasteiger partial charge on any atom is 0.433 e. The number of nitro groups is 1. The first-order chi connectivity index (χ1) is 9.63. The highest BCUT2D eigenvalue weighted by molar-refractivity contribution is 5.21. The zero-order chi connectivity index (χ0) is 14.5. The number of nitrogens with one attached hydrogen (secondary N) is 1. The molecule has 2 rings (SSSR count). The zero-order valence-electron chi connectivity index (χ0n) is 11.9. The fourth-order valence-electron chi connectivity index (χ4n) is 2.45. The Morgan fingerprint density at radius 3 is 3.00 bits per heavy atom. The van der Waals surface area contributed by atoms with Crippen molar-refractivity contribution in [3.8, 4) is 0 Å². The lowest BCUT2D eigenvalue weighted by Gasteiger charge is -2.37. The monoisotopic (exact) mass is 283 g/mol. The van der Waals surface area contributed by atoms with E-state index in [-0.39, 0.29) is 18.0 Å². The number of hydrogen-bond donors (Lipinski definition) is 1. The Kier molecular flexibility index (Phi) is 5.11. The summed E-state index contributed by atoms with van der Waals surface area (Å²) in [5.41, 5.74) is 0. The van der Waals surface area contributed by atoms with Crippen LogP contribution in [0.3, 0.4) is 0 Å². The molecule has 0 bridgehead atoms. The van der Waals surface area contributed by atoms with Gasteiger partial charge in [0.05, 0.1) is 24.8 Å². The minimum Gasteiger partial charge on any atom is -0.404 e. The SMILES string of the molecule is CCCNCC1OCCN(C)C1c1ccc([N+](=O)[O-])o1. The molecular weight excluding hydrogens is 262 g/mol. The van der Waals surface area contributed by atoms with E-state index in [4.69, 9.17) is 9.15 Å². The fraction of sp³-hybridized carbons (Fsp3) is 0.692. The molecule has 1 aromatic rings. The maximum absolute atomic E-state index is 10.7. The molecule has 1 aliphatic heterocycles. The van der Waals surface area contributed by atoms with Crippen molar-refractivity contribution in [3.05, 3.63) is 28.0 Å². The quantitative estimate of drug-likeness (QED) is 0.485. The standard InChI is InChI=1S/C13H21N3O4/c1-3-6-14-9-11-13(15(2)7-8-19-11)10-4-5-12(20-10)16(17)18/h4-5,11,13-14H,3,6-9H2,1-2H3. The van der Waals surface area contributed by atoms with Gasteiger partial charge in [0, 0.05) is 13.1 Å². The van der Waals surface area contributed by atoms with Gasteiger partial charge in [-0.1, -0.05) is 6.92 Å².